The third-order valence-corrected chi connectivity index (χ3v) is 4.37. The Morgan fingerprint density at radius 2 is 2.04 bits per heavy atom. The van der Waals surface area contributed by atoms with E-state index in [9.17, 15) is 9.90 Å². The Morgan fingerprint density at radius 3 is 2.80 bits per heavy atom. The van der Waals surface area contributed by atoms with Crippen LogP contribution in [0.15, 0.2) is 49.1 Å². The first-order valence-electron chi connectivity index (χ1n) is 7.96. The molecule has 1 N–H and O–H groups in total. The molecule has 1 aliphatic heterocycles. The number of nitrogens with zero attached hydrogens (tertiary/aromatic N) is 4. The second-order valence-corrected chi connectivity index (χ2v) is 6.10. The molecule has 6 heteroatoms. The van der Waals surface area contributed by atoms with Crippen LogP contribution in [-0.4, -0.2) is 49.5 Å². The number of likely N-dealkylation sites (N-methyl/N-ethyl adjacent to an activating group) is 1. The Morgan fingerprint density at radius 1 is 1.24 bits per heavy atom. The summed E-state index contributed by atoms with van der Waals surface area (Å²) in [5.41, 5.74) is 1.52. The minimum absolute atomic E-state index is 0.323. The van der Waals surface area contributed by atoms with Gasteiger partial charge in [0.15, 0.2) is 5.65 Å². The van der Waals surface area contributed by atoms with Crippen molar-refractivity contribution >= 4 is 11.6 Å². The number of likely N-dealkylation sites (tertiary alicyclic amines) is 1. The average Bonchev–Trinajstić information content (AvgIpc) is 3.21. The molecule has 1 atom stereocenters. The SMILES string of the molecule is CN1CC[C@@](O)(C#Cc2cccc(-c3nccn4ccnc34)c2)C1=O. The summed E-state index contributed by atoms with van der Waals surface area (Å²) in [6.07, 6.45) is 7.47. The molecular weight excluding hydrogens is 316 g/mol. The van der Waals surface area contributed by atoms with Crippen molar-refractivity contribution in [2.75, 3.05) is 13.6 Å². The quantitative estimate of drug-likeness (QED) is 0.683. The maximum absolute atomic E-state index is 12.0. The maximum Gasteiger partial charge on any atom is 0.267 e. The number of rotatable bonds is 1. The third kappa shape index (κ3) is 2.65. The maximum atomic E-state index is 12.0. The minimum atomic E-state index is -1.59. The molecule has 1 amide bonds. The molecule has 1 saturated heterocycles. The predicted molar refractivity (Wildman–Crippen MR) is 92.5 cm³/mol. The molecule has 0 spiro atoms. The van der Waals surface area contributed by atoms with Gasteiger partial charge in [0.25, 0.3) is 5.91 Å². The van der Waals surface area contributed by atoms with E-state index in [-0.39, 0.29) is 5.91 Å². The summed E-state index contributed by atoms with van der Waals surface area (Å²) in [7, 11) is 1.67. The van der Waals surface area contributed by atoms with Gasteiger partial charge in [-0.2, -0.15) is 0 Å². The highest BCUT2D eigenvalue weighted by Crippen LogP contribution is 2.23. The zero-order valence-electron chi connectivity index (χ0n) is 13.7. The summed E-state index contributed by atoms with van der Waals surface area (Å²) in [5, 5.41) is 10.4. The molecule has 124 valence electrons. The predicted octanol–water partition coefficient (Wildman–Crippen LogP) is 1.34. The monoisotopic (exact) mass is 332 g/mol. The molecule has 1 aliphatic rings. The molecule has 0 bridgehead atoms. The molecule has 1 fully saturated rings. The fraction of sp³-hybridized carbons (Fsp3) is 0.211. The highest BCUT2D eigenvalue weighted by atomic mass is 16.3. The Hall–Kier alpha value is -3.17. The number of amides is 1. The molecule has 3 aromatic rings. The topological polar surface area (TPSA) is 70.7 Å². The van der Waals surface area contributed by atoms with Crippen LogP contribution >= 0.6 is 0 Å². The Labute approximate surface area is 144 Å². The van der Waals surface area contributed by atoms with Gasteiger partial charge >= 0.3 is 0 Å². The fourth-order valence-corrected chi connectivity index (χ4v) is 2.95. The molecule has 1 aromatic carbocycles. The van der Waals surface area contributed by atoms with Crippen molar-refractivity contribution in [3.63, 3.8) is 0 Å². The van der Waals surface area contributed by atoms with Crippen molar-refractivity contribution in [2.24, 2.45) is 0 Å². The van der Waals surface area contributed by atoms with Gasteiger partial charge in [-0.25, -0.2) is 4.98 Å². The fourth-order valence-electron chi connectivity index (χ4n) is 2.95. The lowest BCUT2D eigenvalue weighted by molar-refractivity contribution is -0.137. The molecule has 0 unspecified atom stereocenters. The van der Waals surface area contributed by atoms with Crippen LogP contribution in [0.4, 0.5) is 0 Å². The minimum Gasteiger partial charge on any atom is -0.369 e. The van der Waals surface area contributed by atoms with Gasteiger partial charge in [0, 0.05) is 55.9 Å². The third-order valence-electron chi connectivity index (χ3n) is 4.37. The van der Waals surface area contributed by atoms with Crippen molar-refractivity contribution in [2.45, 2.75) is 12.0 Å². The normalized spacial score (nSPS) is 19.9. The van der Waals surface area contributed by atoms with E-state index < -0.39 is 5.60 Å². The van der Waals surface area contributed by atoms with Crippen molar-refractivity contribution in [1.29, 1.82) is 0 Å². The Kier molecular flexibility index (Phi) is 3.52. The smallest absolute Gasteiger partial charge is 0.267 e. The second kappa shape index (κ2) is 5.72. The summed E-state index contributed by atoms with van der Waals surface area (Å²) in [6, 6.07) is 7.54. The van der Waals surface area contributed by atoms with E-state index >= 15 is 0 Å². The van der Waals surface area contributed by atoms with Crippen LogP contribution in [0.3, 0.4) is 0 Å². The van der Waals surface area contributed by atoms with Crippen molar-refractivity contribution in [3.05, 3.63) is 54.6 Å². The number of carbonyl (C=O) groups excluding carboxylic acids is 1. The molecule has 6 nitrogen and oxygen atoms in total. The van der Waals surface area contributed by atoms with Gasteiger partial charge in [-0.15, -0.1) is 0 Å². The van der Waals surface area contributed by atoms with Crippen LogP contribution in [0.2, 0.25) is 0 Å². The first-order chi connectivity index (χ1) is 12.1. The summed E-state index contributed by atoms with van der Waals surface area (Å²) < 4.78 is 1.90. The first-order valence-corrected chi connectivity index (χ1v) is 7.96. The Balaban J connectivity index is 1.71. The highest BCUT2D eigenvalue weighted by molar-refractivity contribution is 5.90. The van der Waals surface area contributed by atoms with Crippen LogP contribution in [0.5, 0.6) is 0 Å². The van der Waals surface area contributed by atoms with E-state index in [2.05, 4.69) is 21.8 Å². The first kappa shape index (κ1) is 15.4. The average molecular weight is 332 g/mol. The summed E-state index contributed by atoms with van der Waals surface area (Å²) in [4.78, 5) is 22.3. The number of hydrogen-bond donors (Lipinski definition) is 1. The molecule has 0 aliphatic carbocycles. The number of carbonyl (C=O) groups is 1. The van der Waals surface area contributed by atoms with E-state index in [1.807, 2.05) is 41.1 Å². The van der Waals surface area contributed by atoms with Gasteiger partial charge in [0.2, 0.25) is 5.60 Å². The number of aromatic nitrogens is 3. The molecule has 25 heavy (non-hydrogen) atoms. The molecule has 4 rings (SSSR count). The van der Waals surface area contributed by atoms with E-state index in [1.165, 1.54) is 4.90 Å². The summed E-state index contributed by atoms with van der Waals surface area (Å²) in [5.74, 6) is 5.32. The summed E-state index contributed by atoms with van der Waals surface area (Å²) in [6.45, 7) is 0.510. The lowest BCUT2D eigenvalue weighted by Gasteiger charge is -2.13. The Bertz CT molecular complexity index is 1030. The summed E-state index contributed by atoms with van der Waals surface area (Å²) >= 11 is 0. The molecule has 0 radical (unpaired) electrons. The van der Waals surface area contributed by atoms with Gasteiger partial charge in [0.1, 0.15) is 5.69 Å². The van der Waals surface area contributed by atoms with Gasteiger partial charge in [-0.05, 0) is 12.1 Å². The van der Waals surface area contributed by atoms with E-state index in [0.29, 0.717) is 18.5 Å². The van der Waals surface area contributed by atoms with Gasteiger partial charge in [-0.1, -0.05) is 24.0 Å². The van der Waals surface area contributed by atoms with Crippen LogP contribution in [-0.2, 0) is 4.79 Å². The lowest BCUT2D eigenvalue weighted by Crippen LogP contribution is -2.37. The van der Waals surface area contributed by atoms with Crippen LogP contribution in [0.25, 0.3) is 16.9 Å². The molecular formula is C19H16N4O2. The number of benzene rings is 1. The van der Waals surface area contributed by atoms with Gasteiger partial charge in [0.05, 0.1) is 0 Å². The van der Waals surface area contributed by atoms with Crippen molar-refractivity contribution in [1.82, 2.24) is 19.3 Å². The largest absolute Gasteiger partial charge is 0.369 e. The van der Waals surface area contributed by atoms with E-state index in [4.69, 9.17) is 0 Å². The number of fused-ring (bicyclic) bond motifs is 1. The van der Waals surface area contributed by atoms with E-state index in [1.54, 1.807) is 19.4 Å². The number of hydrogen-bond acceptors (Lipinski definition) is 4. The van der Waals surface area contributed by atoms with Gasteiger partial charge < -0.3 is 14.4 Å². The second-order valence-electron chi connectivity index (χ2n) is 6.10. The van der Waals surface area contributed by atoms with Crippen LogP contribution in [0, 0.1) is 11.8 Å². The van der Waals surface area contributed by atoms with Crippen LogP contribution < -0.4 is 0 Å². The van der Waals surface area contributed by atoms with Crippen molar-refractivity contribution in [3.8, 4) is 23.1 Å². The zero-order valence-corrected chi connectivity index (χ0v) is 13.7. The number of aliphatic hydroxyl groups is 1. The van der Waals surface area contributed by atoms with Gasteiger partial charge in [-0.3, -0.25) is 9.78 Å². The standard InChI is InChI=1S/C19H16N4O2/c1-22-10-7-19(25,18(22)24)6-5-14-3-2-4-15(13-14)16-17-21-9-12-23(17)11-8-20-16/h2-4,8-9,11-13,25H,7,10H2,1H3/t19-/m0/s1. The highest BCUT2D eigenvalue weighted by Gasteiger charge is 2.42. The zero-order chi connectivity index (χ0) is 17.4. The lowest BCUT2D eigenvalue weighted by atomic mass is 10.0. The van der Waals surface area contributed by atoms with Crippen LogP contribution in [0.1, 0.15) is 12.0 Å². The molecule has 2 aromatic heterocycles. The number of imidazole rings is 1. The molecule has 3 heterocycles. The van der Waals surface area contributed by atoms with E-state index in [0.717, 1.165) is 16.9 Å². The van der Waals surface area contributed by atoms with Crippen molar-refractivity contribution < 1.29 is 9.90 Å². The molecule has 0 saturated carbocycles.